The van der Waals surface area contributed by atoms with Crippen LogP contribution in [-0.4, -0.2) is 13.0 Å². The van der Waals surface area contributed by atoms with Crippen LogP contribution in [0.5, 0.6) is 0 Å². The van der Waals surface area contributed by atoms with Crippen LogP contribution in [0, 0.1) is 17.4 Å². The summed E-state index contributed by atoms with van der Waals surface area (Å²) in [6.07, 6.45) is 1.78. The fraction of sp³-hybridized carbons (Fsp3) is 0.120. The minimum absolute atomic E-state index is 0.255. The molecule has 4 aromatic rings. The van der Waals surface area contributed by atoms with Gasteiger partial charge < -0.3 is 4.57 Å². The van der Waals surface area contributed by atoms with Crippen molar-refractivity contribution in [3.63, 3.8) is 0 Å². The number of nitrogens with zero attached hydrogens (tertiary/aromatic N) is 2. The van der Waals surface area contributed by atoms with Crippen molar-refractivity contribution < 1.29 is 8.42 Å². The Morgan fingerprint density at radius 2 is 1.65 bits per heavy atom. The highest BCUT2D eigenvalue weighted by Gasteiger charge is 2.31. The van der Waals surface area contributed by atoms with Crippen molar-refractivity contribution in [2.24, 2.45) is 0 Å². The van der Waals surface area contributed by atoms with Crippen LogP contribution in [0.4, 0.5) is 11.5 Å². The van der Waals surface area contributed by atoms with Gasteiger partial charge in [0.05, 0.1) is 16.1 Å². The van der Waals surface area contributed by atoms with Gasteiger partial charge in [-0.2, -0.15) is 0 Å². The third kappa shape index (κ3) is 4.02. The fourth-order valence-corrected chi connectivity index (χ4v) is 6.24. The molecule has 0 aliphatic heterocycles. The van der Waals surface area contributed by atoms with Gasteiger partial charge in [-0.15, -0.1) is 6.58 Å². The van der Waals surface area contributed by atoms with Crippen molar-refractivity contribution >= 4 is 55.0 Å². The first-order valence-corrected chi connectivity index (χ1v) is 12.4. The van der Waals surface area contributed by atoms with E-state index in [1.807, 2.05) is 79.1 Å². The van der Waals surface area contributed by atoms with E-state index < -0.39 is 10.0 Å². The minimum atomic E-state index is -3.87. The second-order valence-electron chi connectivity index (χ2n) is 7.50. The summed E-state index contributed by atoms with van der Waals surface area (Å²) in [5.41, 5.74) is 3.67. The molecule has 0 saturated heterocycles. The summed E-state index contributed by atoms with van der Waals surface area (Å²) in [4.78, 5) is 0.255. The van der Waals surface area contributed by atoms with Crippen molar-refractivity contribution in [2.75, 3.05) is 4.31 Å². The smallest absolute Gasteiger partial charge is 0.269 e. The van der Waals surface area contributed by atoms with Crippen molar-refractivity contribution in [1.29, 1.82) is 0 Å². The molecule has 0 fully saturated rings. The van der Waals surface area contributed by atoms with Gasteiger partial charge in [-0.25, -0.2) is 12.7 Å². The molecule has 0 amide bonds. The van der Waals surface area contributed by atoms with Crippen LogP contribution in [0.3, 0.4) is 0 Å². The number of hydrogen-bond donors (Lipinski definition) is 0. The molecule has 3 aromatic carbocycles. The molecule has 0 aliphatic carbocycles. The summed E-state index contributed by atoms with van der Waals surface area (Å²) in [6, 6.07) is 22.6. The molecule has 0 bridgehead atoms. The normalized spacial score (nSPS) is 11.6. The number of hydrogen-bond acceptors (Lipinski definition) is 2. The van der Waals surface area contributed by atoms with Gasteiger partial charge in [0.2, 0.25) is 0 Å². The predicted molar refractivity (Wildman–Crippen MR) is 137 cm³/mol. The standard InChI is InChI=1S/C25H23IN2O2S/c1-4-15-27-23-8-6-5-7-20(23)17-25(27)28(24-14-11-19(3)16-22(24)26)31(29,30)21-12-9-18(2)10-13-21/h4-14,16-17H,1,15H2,2-3H3. The first kappa shape index (κ1) is 21.6. The molecular formula is C25H23IN2O2S. The Bertz CT molecular complexity index is 1370. The van der Waals surface area contributed by atoms with Crippen LogP contribution >= 0.6 is 22.6 Å². The quantitative estimate of drug-likeness (QED) is 0.204. The lowest BCUT2D eigenvalue weighted by atomic mass is 10.2. The second-order valence-corrected chi connectivity index (χ2v) is 10.4. The molecule has 158 valence electrons. The molecule has 0 N–H and O–H groups in total. The number of sulfonamides is 1. The third-order valence-corrected chi connectivity index (χ3v) is 7.79. The summed E-state index contributed by atoms with van der Waals surface area (Å²) >= 11 is 2.21. The SMILES string of the molecule is C=CCn1c(N(c2ccc(C)cc2I)S(=O)(=O)c2ccc(C)cc2)cc2ccccc21. The van der Waals surface area contributed by atoms with Gasteiger partial charge in [0.15, 0.2) is 0 Å². The summed E-state index contributed by atoms with van der Waals surface area (Å²) in [6.45, 7) is 8.32. The Kier molecular flexibility index (Phi) is 5.94. The van der Waals surface area contributed by atoms with Crippen LogP contribution in [0.2, 0.25) is 0 Å². The zero-order chi connectivity index (χ0) is 22.2. The van der Waals surface area contributed by atoms with Gasteiger partial charge in [-0.3, -0.25) is 0 Å². The molecule has 1 heterocycles. The zero-order valence-corrected chi connectivity index (χ0v) is 20.4. The maximum Gasteiger partial charge on any atom is 0.269 e. The number of benzene rings is 3. The molecule has 0 atom stereocenters. The van der Waals surface area contributed by atoms with Gasteiger partial charge in [-0.05, 0) is 78.4 Å². The molecule has 0 saturated carbocycles. The van der Waals surface area contributed by atoms with Crippen molar-refractivity contribution in [2.45, 2.75) is 25.3 Å². The molecule has 6 heteroatoms. The maximum atomic E-state index is 14.0. The molecule has 31 heavy (non-hydrogen) atoms. The number of allylic oxidation sites excluding steroid dienone is 1. The van der Waals surface area contributed by atoms with Crippen LogP contribution < -0.4 is 4.31 Å². The second kappa shape index (κ2) is 8.51. The topological polar surface area (TPSA) is 42.3 Å². The monoisotopic (exact) mass is 542 g/mol. The van der Waals surface area contributed by atoms with Gasteiger partial charge >= 0.3 is 0 Å². The molecule has 0 radical (unpaired) electrons. The van der Waals surface area contributed by atoms with Gasteiger partial charge in [0.1, 0.15) is 5.82 Å². The van der Waals surface area contributed by atoms with E-state index in [-0.39, 0.29) is 4.90 Å². The molecule has 0 aliphatic rings. The number of halogens is 1. The Morgan fingerprint density at radius 3 is 2.32 bits per heavy atom. The molecule has 0 spiro atoms. The zero-order valence-electron chi connectivity index (χ0n) is 17.4. The number of aromatic nitrogens is 1. The molecule has 4 nitrogen and oxygen atoms in total. The first-order chi connectivity index (χ1) is 14.8. The predicted octanol–water partition coefficient (Wildman–Crippen LogP) is 6.58. The van der Waals surface area contributed by atoms with Crippen LogP contribution in [0.15, 0.2) is 90.3 Å². The summed E-state index contributed by atoms with van der Waals surface area (Å²) in [7, 11) is -3.87. The van der Waals surface area contributed by atoms with Crippen molar-refractivity contribution in [1.82, 2.24) is 4.57 Å². The highest BCUT2D eigenvalue weighted by molar-refractivity contribution is 14.1. The Hall–Kier alpha value is -2.58. The Balaban J connectivity index is 2.04. The highest BCUT2D eigenvalue weighted by atomic mass is 127. The molecule has 0 unspecified atom stereocenters. The molecule has 1 aromatic heterocycles. The average molecular weight is 542 g/mol. The van der Waals surface area contributed by atoms with Crippen LogP contribution in [0.1, 0.15) is 11.1 Å². The number of fused-ring (bicyclic) bond motifs is 1. The van der Waals surface area contributed by atoms with E-state index in [9.17, 15) is 8.42 Å². The lowest BCUT2D eigenvalue weighted by Gasteiger charge is -2.27. The van der Waals surface area contributed by atoms with E-state index in [0.717, 1.165) is 25.6 Å². The number of anilines is 2. The van der Waals surface area contributed by atoms with Gasteiger partial charge in [0, 0.05) is 15.5 Å². The number of para-hydroxylation sites is 1. The fourth-order valence-electron chi connectivity index (χ4n) is 3.65. The first-order valence-electron chi connectivity index (χ1n) is 9.90. The summed E-state index contributed by atoms with van der Waals surface area (Å²) in [5.74, 6) is 0.587. The van der Waals surface area contributed by atoms with Gasteiger partial charge in [0.25, 0.3) is 10.0 Å². The van der Waals surface area contributed by atoms with Crippen LogP contribution in [-0.2, 0) is 16.6 Å². The largest absolute Gasteiger partial charge is 0.323 e. The summed E-state index contributed by atoms with van der Waals surface area (Å²) < 4.78 is 32.3. The van der Waals surface area contributed by atoms with E-state index in [1.54, 1.807) is 18.2 Å². The number of aryl methyl sites for hydroxylation is 2. The van der Waals surface area contributed by atoms with Gasteiger partial charge in [-0.1, -0.05) is 48.0 Å². The number of rotatable bonds is 6. The van der Waals surface area contributed by atoms with E-state index in [0.29, 0.717) is 18.1 Å². The van der Waals surface area contributed by atoms with Crippen LogP contribution in [0.25, 0.3) is 10.9 Å². The maximum absolute atomic E-state index is 14.0. The molecule has 4 rings (SSSR count). The third-order valence-electron chi connectivity index (χ3n) is 5.19. The van der Waals surface area contributed by atoms with Crippen molar-refractivity contribution in [3.8, 4) is 0 Å². The summed E-state index contributed by atoms with van der Waals surface area (Å²) in [5, 5.41) is 0.977. The minimum Gasteiger partial charge on any atom is -0.323 e. The Labute approximate surface area is 197 Å². The lowest BCUT2D eigenvalue weighted by molar-refractivity contribution is 0.595. The Morgan fingerprint density at radius 1 is 0.968 bits per heavy atom. The van der Waals surface area contributed by atoms with Crippen molar-refractivity contribution in [3.05, 3.63) is 100 Å². The highest BCUT2D eigenvalue weighted by Crippen LogP contribution is 2.39. The molecular weight excluding hydrogens is 519 g/mol. The van der Waals surface area contributed by atoms with E-state index >= 15 is 0 Å². The van der Waals surface area contributed by atoms with E-state index in [2.05, 4.69) is 29.2 Å². The van der Waals surface area contributed by atoms with E-state index in [4.69, 9.17) is 0 Å². The average Bonchev–Trinajstić information content (AvgIpc) is 3.08. The lowest BCUT2D eigenvalue weighted by Crippen LogP contribution is -2.29. The van der Waals surface area contributed by atoms with E-state index in [1.165, 1.54) is 4.31 Å².